The van der Waals surface area contributed by atoms with Crippen LogP contribution in [-0.4, -0.2) is 45.7 Å². The molecular formula is C32H59NO7. The monoisotopic (exact) mass is 569 g/mol. The van der Waals surface area contributed by atoms with E-state index < -0.39 is 23.3 Å². The zero-order valence-corrected chi connectivity index (χ0v) is 25.5. The highest BCUT2D eigenvalue weighted by Crippen LogP contribution is 2.33. The predicted octanol–water partition coefficient (Wildman–Crippen LogP) is 7.97. The van der Waals surface area contributed by atoms with Crippen molar-refractivity contribution in [3.05, 3.63) is 0 Å². The summed E-state index contributed by atoms with van der Waals surface area (Å²) in [6.45, 7) is 4.68. The van der Waals surface area contributed by atoms with Crippen LogP contribution in [0.1, 0.15) is 162 Å². The minimum Gasteiger partial charge on any atom is -0.481 e. The van der Waals surface area contributed by atoms with Gasteiger partial charge in [0, 0.05) is 19.4 Å². The normalized spacial score (nSPS) is 11.6. The summed E-state index contributed by atoms with van der Waals surface area (Å²) in [7, 11) is 0. The molecule has 0 aliphatic rings. The van der Waals surface area contributed by atoms with Gasteiger partial charge in [0.05, 0.1) is 0 Å². The highest BCUT2D eigenvalue weighted by atomic mass is 16.4. The van der Waals surface area contributed by atoms with Gasteiger partial charge in [-0.2, -0.15) is 0 Å². The Kier molecular flexibility index (Phi) is 23.4. The van der Waals surface area contributed by atoms with E-state index in [0.717, 1.165) is 122 Å². The Bertz CT molecular complexity index is 657. The molecule has 40 heavy (non-hydrogen) atoms. The third kappa shape index (κ3) is 20.7. The molecule has 0 atom stereocenters. The number of carbonyl (C=O) groups excluding carboxylic acids is 1. The van der Waals surface area contributed by atoms with Gasteiger partial charge >= 0.3 is 17.9 Å². The summed E-state index contributed by atoms with van der Waals surface area (Å²) in [4.78, 5) is 46.8. The lowest BCUT2D eigenvalue weighted by Gasteiger charge is -2.29. The SMILES string of the molecule is CC(C)CCNC(=O)C(CCCCCCCCCCCC(=O)O)(CCCCCCCCCCCC(=O)O)C(=O)O. The van der Waals surface area contributed by atoms with Crippen molar-refractivity contribution in [3.63, 3.8) is 0 Å². The van der Waals surface area contributed by atoms with Gasteiger partial charge in [-0.05, 0) is 38.0 Å². The summed E-state index contributed by atoms with van der Waals surface area (Å²) in [6.07, 6.45) is 19.5. The van der Waals surface area contributed by atoms with Crippen molar-refractivity contribution in [2.24, 2.45) is 11.3 Å². The number of rotatable bonds is 29. The van der Waals surface area contributed by atoms with Crippen molar-refractivity contribution >= 4 is 23.8 Å². The van der Waals surface area contributed by atoms with Gasteiger partial charge in [-0.3, -0.25) is 19.2 Å². The average molecular weight is 570 g/mol. The predicted molar refractivity (Wildman–Crippen MR) is 159 cm³/mol. The molecule has 0 aliphatic heterocycles. The molecule has 0 fully saturated rings. The molecule has 0 saturated carbocycles. The van der Waals surface area contributed by atoms with Crippen LogP contribution in [0.15, 0.2) is 0 Å². The van der Waals surface area contributed by atoms with E-state index in [1.54, 1.807) is 0 Å². The van der Waals surface area contributed by atoms with Gasteiger partial charge in [0.2, 0.25) is 5.91 Å². The molecule has 0 unspecified atom stereocenters. The number of carboxylic acids is 3. The number of aliphatic carboxylic acids is 3. The molecule has 0 aromatic carbocycles. The fourth-order valence-corrected chi connectivity index (χ4v) is 5.19. The van der Waals surface area contributed by atoms with Crippen LogP contribution in [0, 0.1) is 11.3 Å². The molecule has 8 nitrogen and oxygen atoms in total. The zero-order chi connectivity index (χ0) is 30.1. The van der Waals surface area contributed by atoms with Crippen molar-refractivity contribution < 1.29 is 34.5 Å². The number of hydrogen-bond donors (Lipinski definition) is 4. The van der Waals surface area contributed by atoms with Crippen LogP contribution < -0.4 is 5.32 Å². The molecule has 0 aliphatic carbocycles. The lowest BCUT2D eigenvalue weighted by molar-refractivity contribution is -0.157. The zero-order valence-electron chi connectivity index (χ0n) is 25.5. The Morgan fingerprint density at radius 2 is 0.875 bits per heavy atom. The summed E-state index contributed by atoms with van der Waals surface area (Å²) >= 11 is 0. The Hall–Kier alpha value is -2.12. The second kappa shape index (κ2) is 24.7. The van der Waals surface area contributed by atoms with E-state index in [0.29, 0.717) is 25.3 Å². The van der Waals surface area contributed by atoms with Crippen LogP contribution in [0.4, 0.5) is 0 Å². The van der Waals surface area contributed by atoms with Crippen molar-refractivity contribution in [1.82, 2.24) is 5.32 Å². The summed E-state index contributed by atoms with van der Waals surface area (Å²) in [5.41, 5.74) is -1.36. The smallest absolute Gasteiger partial charge is 0.319 e. The molecule has 8 heteroatoms. The summed E-state index contributed by atoms with van der Waals surface area (Å²) < 4.78 is 0. The quantitative estimate of drug-likeness (QED) is 0.0528. The van der Waals surface area contributed by atoms with Gasteiger partial charge in [0.1, 0.15) is 5.41 Å². The summed E-state index contributed by atoms with van der Waals surface area (Å²) in [6, 6.07) is 0. The Morgan fingerprint density at radius 3 is 1.18 bits per heavy atom. The number of hydrogen-bond acceptors (Lipinski definition) is 4. The Morgan fingerprint density at radius 1 is 0.550 bits per heavy atom. The van der Waals surface area contributed by atoms with E-state index in [1.807, 2.05) is 0 Å². The molecule has 0 bridgehead atoms. The van der Waals surface area contributed by atoms with Crippen LogP contribution in [0.5, 0.6) is 0 Å². The van der Waals surface area contributed by atoms with Crippen LogP contribution in [-0.2, 0) is 19.2 Å². The minimum absolute atomic E-state index is 0.244. The molecule has 1 amide bonds. The van der Waals surface area contributed by atoms with Gasteiger partial charge in [0.15, 0.2) is 0 Å². The van der Waals surface area contributed by atoms with Crippen molar-refractivity contribution in [1.29, 1.82) is 0 Å². The fraction of sp³-hybridized carbons (Fsp3) is 0.875. The third-order valence-corrected chi connectivity index (χ3v) is 7.84. The minimum atomic E-state index is -1.36. The van der Waals surface area contributed by atoms with Crippen LogP contribution in [0.3, 0.4) is 0 Å². The number of unbranched alkanes of at least 4 members (excludes halogenated alkanes) is 16. The molecule has 0 saturated heterocycles. The highest BCUT2D eigenvalue weighted by molar-refractivity contribution is 6.01. The molecule has 0 heterocycles. The van der Waals surface area contributed by atoms with Gasteiger partial charge in [-0.15, -0.1) is 0 Å². The summed E-state index contributed by atoms with van der Waals surface area (Å²) in [5, 5.41) is 30.5. The first-order valence-electron chi connectivity index (χ1n) is 16.1. The van der Waals surface area contributed by atoms with E-state index in [9.17, 15) is 24.3 Å². The molecule has 234 valence electrons. The molecule has 4 N–H and O–H groups in total. The van der Waals surface area contributed by atoms with Gasteiger partial charge < -0.3 is 20.6 Å². The Balaban J connectivity index is 4.48. The summed E-state index contributed by atoms with van der Waals surface area (Å²) in [5.74, 6) is -2.36. The first kappa shape index (κ1) is 37.9. The van der Waals surface area contributed by atoms with Crippen molar-refractivity contribution in [2.45, 2.75) is 162 Å². The van der Waals surface area contributed by atoms with E-state index in [2.05, 4.69) is 19.2 Å². The van der Waals surface area contributed by atoms with Crippen LogP contribution in [0.25, 0.3) is 0 Å². The van der Waals surface area contributed by atoms with Crippen molar-refractivity contribution in [2.75, 3.05) is 6.54 Å². The second-order valence-corrected chi connectivity index (χ2v) is 12.0. The van der Waals surface area contributed by atoms with Gasteiger partial charge in [-0.25, -0.2) is 0 Å². The van der Waals surface area contributed by atoms with Crippen molar-refractivity contribution in [3.8, 4) is 0 Å². The number of amides is 1. The van der Waals surface area contributed by atoms with Gasteiger partial charge in [0.25, 0.3) is 0 Å². The molecule has 0 aromatic rings. The standard InChI is InChI=1S/C32H59NO7/c1-27(2)23-26-33-30(38)32(31(39)40,24-19-15-11-7-3-5-9-13-17-21-28(34)35)25-20-16-12-8-4-6-10-14-18-22-29(36)37/h27H,3-26H2,1-2H3,(H,33,38)(H,34,35)(H,36,37)(H,39,40). The maximum absolute atomic E-state index is 13.2. The lowest BCUT2D eigenvalue weighted by Crippen LogP contribution is -2.47. The first-order chi connectivity index (χ1) is 19.1. The van der Waals surface area contributed by atoms with Crippen LogP contribution >= 0.6 is 0 Å². The lowest BCUT2D eigenvalue weighted by atomic mass is 9.76. The van der Waals surface area contributed by atoms with E-state index in [-0.39, 0.29) is 18.7 Å². The number of carbonyl (C=O) groups is 4. The molecule has 0 rings (SSSR count). The highest BCUT2D eigenvalue weighted by Gasteiger charge is 2.44. The topological polar surface area (TPSA) is 141 Å². The van der Waals surface area contributed by atoms with Gasteiger partial charge in [-0.1, -0.05) is 117 Å². The maximum Gasteiger partial charge on any atom is 0.319 e. The number of nitrogens with one attached hydrogen (secondary N) is 1. The van der Waals surface area contributed by atoms with E-state index in [1.165, 1.54) is 0 Å². The maximum atomic E-state index is 13.2. The molecular weight excluding hydrogens is 510 g/mol. The Labute approximate surface area is 243 Å². The third-order valence-electron chi connectivity index (χ3n) is 7.84. The first-order valence-corrected chi connectivity index (χ1v) is 16.1. The van der Waals surface area contributed by atoms with E-state index >= 15 is 0 Å². The molecule has 0 radical (unpaired) electrons. The van der Waals surface area contributed by atoms with Crippen LogP contribution in [0.2, 0.25) is 0 Å². The largest absolute Gasteiger partial charge is 0.481 e. The number of carboxylic acid groups (broad SMARTS) is 3. The molecule has 0 spiro atoms. The average Bonchev–Trinajstić information content (AvgIpc) is 2.88. The second-order valence-electron chi connectivity index (χ2n) is 12.0. The van der Waals surface area contributed by atoms with E-state index in [4.69, 9.17) is 10.2 Å². The molecule has 0 aromatic heterocycles. The fourth-order valence-electron chi connectivity index (χ4n) is 5.19.